The van der Waals surface area contributed by atoms with Crippen LogP contribution in [0.5, 0.6) is 0 Å². The van der Waals surface area contributed by atoms with E-state index in [1.165, 1.54) is 19.2 Å². The number of sulfonamides is 1. The molecule has 0 aliphatic carbocycles. The molecule has 1 aromatic carbocycles. The van der Waals surface area contributed by atoms with Gasteiger partial charge in [0.2, 0.25) is 10.0 Å². The lowest BCUT2D eigenvalue weighted by Crippen LogP contribution is -2.11. The Morgan fingerprint density at radius 1 is 1.39 bits per heavy atom. The van der Waals surface area contributed by atoms with Crippen LogP contribution < -0.4 is 4.72 Å². The Bertz CT molecular complexity index is 623. The molecule has 1 N–H and O–H groups in total. The zero-order chi connectivity index (χ0) is 13.8. The molecule has 0 aromatic heterocycles. The summed E-state index contributed by atoms with van der Waals surface area (Å²) in [6.07, 6.45) is 1.03. The van der Waals surface area contributed by atoms with Crippen LogP contribution in [0.1, 0.15) is 22.8 Å². The topological polar surface area (TPSA) is 72.5 Å². The van der Waals surface area contributed by atoms with Gasteiger partial charge in [0.1, 0.15) is 0 Å². The Hall–Kier alpha value is -2.00. The molecule has 6 heteroatoms. The van der Waals surface area contributed by atoms with Crippen molar-refractivity contribution in [3.63, 3.8) is 0 Å². The number of nitrogens with one attached hydrogen (secondary N) is 1. The molecule has 0 atom stereocenters. The van der Waals surface area contributed by atoms with Gasteiger partial charge < -0.3 is 4.74 Å². The minimum absolute atomic E-state index is 0.223. The molecule has 0 bridgehead atoms. The molecule has 18 heavy (non-hydrogen) atoms. The second-order valence-corrected chi connectivity index (χ2v) is 5.25. The number of carbonyl (C=O) groups is 1. The highest BCUT2D eigenvalue weighted by atomic mass is 32.2. The summed E-state index contributed by atoms with van der Waals surface area (Å²) in [5, 5.41) is 0. The molecular formula is C12H13NO4S. The molecule has 5 nitrogen and oxygen atoms in total. The lowest BCUT2D eigenvalue weighted by Gasteiger charge is -2.07. The number of anilines is 1. The summed E-state index contributed by atoms with van der Waals surface area (Å²) in [7, 11) is -2.14. The van der Waals surface area contributed by atoms with Gasteiger partial charge in [-0.2, -0.15) is 0 Å². The number of carbonyl (C=O) groups excluding carboxylic acids is 1. The van der Waals surface area contributed by atoms with Crippen molar-refractivity contribution < 1.29 is 17.9 Å². The zero-order valence-electron chi connectivity index (χ0n) is 10.3. The van der Waals surface area contributed by atoms with Gasteiger partial charge in [0.25, 0.3) is 0 Å². The average Bonchev–Trinajstić information content (AvgIpc) is 2.28. The first-order chi connectivity index (χ1) is 8.37. The van der Waals surface area contributed by atoms with Crippen LogP contribution in [-0.4, -0.2) is 27.8 Å². The summed E-state index contributed by atoms with van der Waals surface area (Å²) in [6.45, 7) is 1.64. The van der Waals surface area contributed by atoms with Crippen LogP contribution in [0.2, 0.25) is 0 Å². The summed E-state index contributed by atoms with van der Waals surface area (Å²) in [6, 6.07) is 4.50. The van der Waals surface area contributed by atoms with Crippen molar-refractivity contribution in [3.8, 4) is 11.8 Å². The normalized spacial score (nSPS) is 10.2. The molecule has 0 spiro atoms. The summed E-state index contributed by atoms with van der Waals surface area (Å²) in [5.41, 5.74) is 1.00. The first-order valence-electron chi connectivity index (χ1n) is 5.00. The van der Waals surface area contributed by atoms with Gasteiger partial charge in [-0.1, -0.05) is 5.92 Å². The van der Waals surface area contributed by atoms with E-state index in [9.17, 15) is 13.2 Å². The van der Waals surface area contributed by atoms with E-state index >= 15 is 0 Å². The monoisotopic (exact) mass is 267 g/mol. The number of rotatable bonds is 3. The third kappa shape index (κ3) is 3.79. The van der Waals surface area contributed by atoms with Gasteiger partial charge in [-0.25, -0.2) is 13.2 Å². The van der Waals surface area contributed by atoms with Gasteiger partial charge in [-0.15, -0.1) is 5.92 Å². The highest BCUT2D eigenvalue weighted by Gasteiger charge is 2.12. The first-order valence-corrected chi connectivity index (χ1v) is 6.89. The van der Waals surface area contributed by atoms with E-state index < -0.39 is 16.0 Å². The van der Waals surface area contributed by atoms with E-state index in [-0.39, 0.29) is 5.56 Å². The molecule has 0 aliphatic rings. The molecule has 0 amide bonds. The number of methoxy groups -OCH3 is 1. The fraction of sp³-hybridized carbons (Fsp3) is 0.250. The van der Waals surface area contributed by atoms with Gasteiger partial charge in [0, 0.05) is 11.3 Å². The van der Waals surface area contributed by atoms with Gasteiger partial charge in [-0.3, -0.25) is 4.72 Å². The smallest absolute Gasteiger partial charge is 0.339 e. The lowest BCUT2D eigenvalue weighted by atomic mass is 10.1. The third-order valence-electron chi connectivity index (χ3n) is 1.99. The Labute approximate surface area is 106 Å². The van der Waals surface area contributed by atoms with Crippen molar-refractivity contribution in [2.45, 2.75) is 6.92 Å². The second-order valence-electron chi connectivity index (χ2n) is 3.50. The lowest BCUT2D eigenvalue weighted by molar-refractivity contribution is 0.0600. The summed E-state index contributed by atoms with van der Waals surface area (Å²) in [4.78, 5) is 11.6. The van der Waals surface area contributed by atoms with Crippen molar-refractivity contribution in [1.82, 2.24) is 0 Å². The maximum atomic E-state index is 11.6. The molecular weight excluding hydrogens is 254 g/mol. The molecule has 0 radical (unpaired) electrons. The van der Waals surface area contributed by atoms with Crippen molar-refractivity contribution in [2.75, 3.05) is 18.1 Å². The van der Waals surface area contributed by atoms with Crippen LogP contribution in [0.3, 0.4) is 0 Å². The number of esters is 1. The van der Waals surface area contributed by atoms with Gasteiger partial charge >= 0.3 is 5.97 Å². The largest absolute Gasteiger partial charge is 0.465 e. The molecule has 0 aliphatic heterocycles. The highest BCUT2D eigenvalue weighted by Crippen LogP contribution is 2.17. The van der Waals surface area contributed by atoms with Crippen molar-refractivity contribution in [2.24, 2.45) is 0 Å². The molecule has 0 fully saturated rings. The standard InChI is InChI=1S/C12H13NO4S/c1-4-5-9-6-7-10(13-18(3,15)16)8-11(9)12(14)17-2/h6-8,13H,1-3H3. The van der Waals surface area contributed by atoms with E-state index in [1.807, 2.05) is 0 Å². The van der Waals surface area contributed by atoms with Gasteiger partial charge in [0.15, 0.2) is 0 Å². The molecule has 0 unspecified atom stereocenters. The zero-order valence-corrected chi connectivity index (χ0v) is 11.1. The fourth-order valence-electron chi connectivity index (χ4n) is 1.34. The quantitative estimate of drug-likeness (QED) is 0.660. The predicted molar refractivity (Wildman–Crippen MR) is 68.8 cm³/mol. The van der Waals surface area contributed by atoms with Crippen LogP contribution in [-0.2, 0) is 14.8 Å². The number of hydrogen-bond acceptors (Lipinski definition) is 4. The Balaban J connectivity index is 3.28. The van der Waals surface area contributed by atoms with Crippen molar-refractivity contribution in [3.05, 3.63) is 29.3 Å². The minimum Gasteiger partial charge on any atom is -0.465 e. The summed E-state index contributed by atoms with van der Waals surface area (Å²) >= 11 is 0. The van der Waals surface area contributed by atoms with Crippen LogP contribution >= 0.6 is 0 Å². The summed E-state index contributed by atoms with van der Waals surface area (Å²) < 4.78 is 29.1. The molecule has 0 heterocycles. The average molecular weight is 267 g/mol. The number of ether oxygens (including phenoxy) is 1. The molecule has 1 rings (SSSR count). The van der Waals surface area contributed by atoms with Crippen molar-refractivity contribution >= 4 is 21.7 Å². The highest BCUT2D eigenvalue weighted by molar-refractivity contribution is 7.92. The van der Waals surface area contributed by atoms with Crippen LogP contribution in [0, 0.1) is 11.8 Å². The van der Waals surface area contributed by atoms with E-state index in [0.717, 1.165) is 6.26 Å². The number of benzene rings is 1. The summed E-state index contributed by atoms with van der Waals surface area (Å²) in [5.74, 6) is 4.86. The van der Waals surface area contributed by atoms with Gasteiger partial charge in [0.05, 0.1) is 18.9 Å². The van der Waals surface area contributed by atoms with E-state index in [0.29, 0.717) is 11.3 Å². The van der Waals surface area contributed by atoms with E-state index in [1.54, 1.807) is 13.0 Å². The first kappa shape index (κ1) is 14.1. The molecule has 0 saturated carbocycles. The van der Waals surface area contributed by atoms with Gasteiger partial charge in [-0.05, 0) is 25.1 Å². The fourth-order valence-corrected chi connectivity index (χ4v) is 1.90. The minimum atomic E-state index is -3.39. The SMILES string of the molecule is CC#Cc1ccc(NS(C)(=O)=O)cc1C(=O)OC. The maximum absolute atomic E-state index is 11.6. The molecule has 96 valence electrons. The van der Waals surface area contributed by atoms with E-state index in [2.05, 4.69) is 21.3 Å². The van der Waals surface area contributed by atoms with Crippen LogP contribution in [0.4, 0.5) is 5.69 Å². The number of hydrogen-bond donors (Lipinski definition) is 1. The third-order valence-corrected chi connectivity index (χ3v) is 2.59. The molecule has 0 saturated heterocycles. The Kier molecular flexibility index (Phi) is 4.34. The Morgan fingerprint density at radius 3 is 2.56 bits per heavy atom. The van der Waals surface area contributed by atoms with E-state index in [4.69, 9.17) is 0 Å². The second kappa shape index (κ2) is 5.56. The molecule has 1 aromatic rings. The maximum Gasteiger partial charge on any atom is 0.339 e. The Morgan fingerprint density at radius 2 is 2.06 bits per heavy atom. The van der Waals surface area contributed by atoms with Crippen LogP contribution in [0.15, 0.2) is 18.2 Å². The van der Waals surface area contributed by atoms with Crippen LogP contribution in [0.25, 0.3) is 0 Å². The predicted octanol–water partition coefficient (Wildman–Crippen LogP) is 1.22. The van der Waals surface area contributed by atoms with Crippen molar-refractivity contribution in [1.29, 1.82) is 0 Å².